The molecule has 1 N–H and O–H groups in total. The first-order valence-corrected chi connectivity index (χ1v) is 23.2. The van der Waals surface area contributed by atoms with Crippen LogP contribution in [0.2, 0.25) is 0 Å². The Morgan fingerprint density at radius 3 is 1.52 bits per heavy atom. The first-order chi connectivity index (χ1) is 27.0. The summed E-state index contributed by atoms with van der Waals surface area (Å²) in [6.45, 7) is 4.26. The van der Waals surface area contributed by atoms with Crippen molar-refractivity contribution in [1.29, 1.82) is 0 Å². The Kier molecular flexibility index (Phi) is 36.3. The Labute approximate surface area is 342 Å². The van der Waals surface area contributed by atoms with E-state index in [1.54, 1.807) is 0 Å². The van der Waals surface area contributed by atoms with Crippen LogP contribution >= 0.6 is 7.82 Å². The Morgan fingerprint density at radius 2 is 0.982 bits per heavy atom. The molecule has 0 bridgehead atoms. The molecule has 0 heterocycles. The Hall–Kier alpha value is -2.55. The van der Waals surface area contributed by atoms with E-state index < -0.39 is 32.5 Å². The molecule has 0 rings (SSSR count). The number of quaternary nitrogens is 1. The summed E-state index contributed by atoms with van der Waals surface area (Å²) in [7, 11) is 1.41. The van der Waals surface area contributed by atoms with E-state index in [1.807, 2.05) is 27.2 Å². The number of likely N-dealkylation sites (N-methyl/N-ethyl adjacent to an activating group) is 1. The molecule has 0 aliphatic carbocycles. The first kappa shape index (κ1) is 53.5. The summed E-state index contributed by atoms with van der Waals surface area (Å²) < 4.78 is 34.2. The number of phosphoric ester groups is 1. The summed E-state index contributed by atoms with van der Waals surface area (Å²) in [5.74, 6) is -0.909. The number of ether oxygens (including phenoxy) is 2. The Bertz CT molecular complexity index is 1180. The van der Waals surface area contributed by atoms with Crippen molar-refractivity contribution in [3.63, 3.8) is 0 Å². The number of carbonyl (C=O) groups excluding carboxylic acids is 2. The zero-order chi connectivity index (χ0) is 41.4. The molecule has 0 spiro atoms. The quantitative estimate of drug-likeness (QED) is 0.0216. The number of allylic oxidation sites excluding steroid dienone is 12. The minimum absolute atomic E-state index is 0.0132. The molecule has 1 unspecified atom stereocenters. The maximum Gasteiger partial charge on any atom is 0.472 e. The second-order valence-corrected chi connectivity index (χ2v) is 16.8. The molecule has 2 atom stereocenters. The van der Waals surface area contributed by atoms with Crippen LogP contribution < -0.4 is 0 Å². The number of unbranched alkanes of at least 4 members (excludes halogenated alkanes) is 12. The lowest BCUT2D eigenvalue weighted by atomic mass is 10.1. The van der Waals surface area contributed by atoms with E-state index in [2.05, 4.69) is 80.7 Å². The van der Waals surface area contributed by atoms with Crippen molar-refractivity contribution in [2.24, 2.45) is 0 Å². The van der Waals surface area contributed by atoms with Crippen LogP contribution in [0.3, 0.4) is 0 Å². The summed E-state index contributed by atoms with van der Waals surface area (Å²) in [5.41, 5.74) is 0. The van der Waals surface area contributed by atoms with Gasteiger partial charge in [0.05, 0.1) is 27.7 Å². The molecule has 0 aromatic carbocycles. The van der Waals surface area contributed by atoms with Gasteiger partial charge in [-0.1, -0.05) is 132 Å². The van der Waals surface area contributed by atoms with Crippen LogP contribution in [0.15, 0.2) is 72.9 Å². The Balaban J connectivity index is 4.54. The van der Waals surface area contributed by atoms with E-state index in [4.69, 9.17) is 18.5 Å². The highest BCUT2D eigenvalue weighted by atomic mass is 31.2. The lowest BCUT2D eigenvalue weighted by Crippen LogP contribution is -2.37. The van der Waals surface area contributed by atoms with Crippen molar-refractivity contribution < 1.29 is 42.1 Å². The zero-order valence-electron chi connectivity index (χ0n) is 36.1. The third-order valence-corrected chi connectivity index (χ3v) is 9.69. The smallest absolute Gasteiger partial charge is 0.462 e. The van der Waals surface area contributed by atoms with Crippen molar-refractivity contribution >= 4 is 19.8 Å². The second-order valence-electron chi connectivity index (χ2n) is 15.4. The molecular formula is C46H81NO8P+. The third kappa shape index (κ3) is 41.1. The van der Waals surface area contributed by atoms with Crippen molar-refractivity contribution in [2.45, 2.75) is 161 Å². The van der Waals surface area contributed by atoms with Gasteiger partial charge in [-0.25, -0.2) is 4.57 Å². The monoisotopic (exact) mass is 807 g/mol. The van der Waals surface area contributed by atoms with Crippen LogP contribution in [-0.2, 0) is 32.7 Å². The molecule has 0 aliphatic heterocycles. The highest BCUT2D eigenvalue weighted by Gasteiger charge is 2.27. The molecule has 56 heavy (non-hydrogen) atoms. The number of hydrogen-bond acceptors (Lipinski definition) is 7. The molecule has 0 aliphatic rings. The fourth-order valence-electron chi connectivity index (χ4n) is 5.27. The molecule has 0 aromatic rings. The molecule has 10 heteroatoms. The fourth-order valence-corrected chi connectivity index (χ4v) is 6.01. The van der Waals surface area contributed by atoms with E-state index in [0.29, 0.717) is 30.3 Å². The van der Waals surface area contributed by atoms with Gasteiger partial charge in [0.2, 0.25) is 0 Å². The number of phosphoric acid groups is 1. The van der Waals surface area contributed by atoms with Crippen molar-refractivity contribution in [2.75, 3.05) is 47.5 Å². The minimum atomic E-state index is -4.40. The third-order valence-electron chi connectivity index (χ3n) is 8.71. The predicted octanol–water partition coefficient (Wildman–Crippen LogP) is 12.2. The maximum atomic E-state index is 12.7. The standard InChI is InChI=1S/C46H80NO8P/c1-6-8-10-12-14-16-18-20-22-23-25-27-29-31-33-35-37-39-46(49)55-44(43-54-56(50,51)53-41-40-47(3,4)5)42-52-45(48)38-36-34-32-30-28-26-24-21-19-17-15-13-11-9-7-2/h14,16,20-22,24-25,27-28,30-31,33,44H,6-13,15,17-19,23,26,29,32,34-43H2,1-5H3/p+1/b16-14+,22-20+,24-21+,27-25+,30-28+,33-31+/t44-/m1/s1. The van der Waals surface area contributed by atoms with Gasteiger partial charge in [0.15, 0.2) is 6.10 Å². The van der Waals surface area contributed by atoms with Crippen LogP contribution in [0.1, 0.15) is 155 Å². The summed E-state index contributed by atoms with van der Waals surface area (Å²) in [4.78, 5) is 35.3. The van der Waals surface area contributed by atoms with Gasteiger partial charge in [-0.2, -0.15) is 0 Å². The second kappa shape index (κ2) is 38.0. The maximum absolute atomic E-state index is 12.7. The van der Waals surface area contributed by atoms with E-state index in [1.165, 1.54) is 64.2 Å². The molecule has 0 radical (unpaired) electrons. The molecule has 322 valence electrons. The molecule has 0 saturated carbocycles. The number of hydrogen-bond donors (Lipinski definition) is 1. The van der Waals surface area contributed by atoms with Gasteiger partial charge in [-0.3, -0.25) is 18.6 Å². The first-order valence-electron chi connectivity index (χ1n) is 21.7. The number of nitrogens with zero attached hydrogens (tertiary/aromatic N) is 1. The molecule has 9 nitrogen and oxygen atoms in total. The van der Waals surface area contributed by atoms with Crippen LogP contribution in [0.4, 0.5) is 0 Å². The summed E-state index contributed by atoms with van der Waals surface area (Å²) >= 11 is 0. The van der Waals surface area contributed by atoms with E-state index in [-0.39, 0.29) is 26.1 Å². The largest absolute Gasteiger partial charge is 0.472 e. The van der Waals surface area contributed by atoms with Gasteiger partial charge in [0, 0.05) is 12.8 Å². The fraction of sp³-hybridized carbons (Fsp3) is 0.696. The highest BCUT2D eigenvalue weighted by Crippen LogP contribution is 2.43. The summed E-state index contributed by atoms with van der Waals surface area (Å²) in [6, 6.07) is 0. The van der Waals surface area contributed by atoms with E-state index in [0.717, 1.165) is 44.9 Å². The SMILES string of the molecule is CCCCC/C=C/C/C=C/C/C=C/C/C=C/CCCC(=O)O[C@H](COC(=O)CCCC/C=C/C/C=C/CCCCCCCC)COP(=O)(O)OCC[N+](C)(C)C. The van der Waals surface area contributed by atoms with Crippen LogP contribution in [0.25, 0.3) is 0 Å². The van der Waals surface area contributed by atoms with Crippen molar-refractivity contribution in [1.82, 2.24) is 0 Å². The van der Waals surface area contributed by atoms with Gasteiger partial charge in [0.1, 0.15) is 19.8 Å². The lowest BCUT2D eigenvalue weighted by Gasteiger charge is -2.24. The van der Waals surface area contributed by atoms with Gasteiger partial charge in [-0.15, -0.1) is 0 Å². The molecule has 0 amide bonds. The summed E-state index contributed by atoms with van der Waals surface area (Å²) in [5, 5.41) is 0. The van der Waals surface area contributed by atoms with Gasteiger partial charge in [0.25, 0.3) is 0 Å². The molecule has 0 fully saturated rings. The topological polar surface area (TPSA) is 108 Å². The average molecular weight is 807 g/mol. The molecule has 0 saturated heterocycles. The Morgan fingerprint density at radius 1 is 0.554 bits per heavy atom. The van der Waals surface area contributed by atoms with E-state index in [9.17, 15) is 19.0 Å². The van der Waals surface area contributed by atoms with Gasteiger partial charge < -0.3 is 18.9 Å². The minimum Gasteiger partial charge on any atom is -0.462 e. The number of rotatable bonds is 38. The predicted molar refractivity (Wildman–Crippen MR) is 233 cm³/mol. The van der Waals surface area contributed by atoms with Crippen LogP contribution in [0, 0.1) is 0 Å². The lowest BCUT2D eigenvalue weighted by molar-refractivity contribution is -0.870. The molecule has 0 aromatic heterocycles. The summed E-state index contributed by atoms with van der Waals surface area (Å²) in [6.07, 6.45) is 46.7. The van der Waals surface area contributed by atoms with Gasteiger partial charge in [-0.05, 0) is 83.5 Å². The van der Waals surface area contributed by atoms with Crippen LogP contribution in [-0.4, -0.2) is 74.9 Å². The zero-order valence-corrected chi connectivity index (χ0v) is 37.0. The van der Waals surface area contributed by atoms with Crippen LogP contribution in [0.5, 0.6) is 0 Å². The van der Waals surface area contributed by atoms with Gasteiger partial charge >= 0.3 is 19.8 Å². The van der Waals surface area contributed by atoms with E-state index >= 15 is 0 Å². The van der Waals surface area contributed by atoms with Crippen molar-refractivity contribution in [3.8, 4) is 0 Å². The normalized spacial score (nSPS) is 14.3. The van der Waals surface area contributed by atoms with Crippen molar-refractivity contribution in [3.05, 3.63) is 72.9 Å². The molecular weight excluding hydrogens is 725 g/mol. The average Bonchev–Trinajstić information content (AvgIpc) is 3.15. The highest BCUT2D eigenvalue weighted by molar-refractivity contribution is 7.47. The number of carbonyl (C=O) groups is 2. The number of esters is 2.